The fourth-order valence-electron chi connectivity index (χ4n) is 5.78. The van der Waals surface area contributed by atoms with E-state index in [-0.39, 0.29) is 23.6 Å². The van der Waals surface area contributed by atoms with Crippen LogP contribution in [0.5, 0.6) is 0 Å². The molecule has 38 heavy (non-hydrogen) atoms. The molecule has 6 rings (SSSR count). The maximum absolute atomic E-state index is 15.0. The number of nitrogens with one attached hydrogen (secondary N) is 1. The lowest BCUT2D eigenvalue weighted by Gasteiger charge is -2.28. The van der Waals surface area contributed by atoms with Gasteiger partial charge in [0.05, 0.1) is 22.0 Å². The molecule has 2 aromatic heterocycles. The van der Waals surface area contributed by atoms with Gasteiger partial charge in [-0.2, -0.15) is 5.26 Å². The Labute approximate surface area is 226 Å². The van der Waals surface area contributed by atoms with E-state index >= 15 is 4.39 Å². The summed E-state index contributed by atoms with van der Waals surface area (Å²) in [6, 6.07) is 13.9. The zero-order valence-electron chi connectivity index (χ0n) is 21.5. The number of nitriles is 1. The molecule has 2 aliphatic heterocycles. The number of piperidine rings is 1. The second kappa shape index (κ2) is 10.9. The van der Waals surface area contributed by atoms with E-state index in [4.69, 9.17) is 10.2 Å². The van der Waals surface area contributed by atoms with Gasteiger partial charge >= 0.3 is 0 Å². The fourth-order valence-corrected chi connectivity index (χ4v) is 6.83. The highest BCUT2D eigenvalue weighted by Crippen LogP contribution is 2.33. The van der Waals surface area contributed by atoms with Gasteiger partial charge in [0.1, 0.15) is 5.82 Å². The normalized spacial score (nSPS) is 18.9. The van der Waals surface area contributed by atoms with Gasteiger partial charge in [0, 0.05) is 35.7 Å². The van der Waals surface area contributed by atoms with Crippen LogP contribution in [0.25, 0.3) is 26.4 Å². The fraction of sp³-hybridized carbons (Fsp3) is 0.433. The summed E-state index contributed by atoms with van der Waals surface area (Å²) in [6.45, 7) is 3.95. The van der Waals surface area contributed by atoms with Gasteiger partial charge in [-0.25, -0.2) is 9.37 Å². The Morgan fingerprint density at radius 3 is 2.79 bits per heavy atom. The summed E-state index contributed by atoms with van der Waals surface area (Å²) in [6.07, 6.45) is 8.37. The number of carbonyl (C=O) groups excluding carboxylic acids is 1. The van der Waals surface area contributed by atoms with Crippen LogP contribution in [0.3, 0.4) is 0 Å². The van der Waals surface area contributed by atoms with Gasteiger partial charge in [-0.1, -0.05) is 17.4 Å². The predicted octanol–water partition coefficient (Wildman–Crippen LogP) is 6.37. The molecule has 0 spiro atoms. The lowest BCUT2D eigenvalue weighted by Crippen LogP contribution is -2.34. The van der Waals surface area contributed by atoms with E-state index in [1.807, 2.05) is 40.9 Å². The van der Waals surface area contributed by atoms with Crippen molar-refractivity contribution < 1.29 is 9.18 Å². The van der Waals surface area contributed by atoms with Crippen LogP contribution in [0.15, 0.2) is 42.6 Å². The SMILES string of the molecule is N#CC1CCN(CCCCC(=O)c2ccc3c(c2)sc2nc(-c4ccc(C5CCCN5)cc4F)cn23)CC1. The number of Topliss-reactive ketones (excluding diaryl/α,β-unsaturated/α-hetero) is 1. The highest BCUT2D eigenvalue weighted by atomic mass is 32.1. The number of benzene rings is 2. The summed E-state index contributed by atoms with van der Waals surface area (Å²) < 4.78 is 18.0. The van der Waals surface area contributed by atoms with Gasteiger partial charge in [-0.05, 0) is 101 Å². The minimum Gasteiger partial charge on any atom is -0.310 e. The van der Waals surface area contributed by atoms with Crippen molar-refractivity contribution in [1.29, 1.82) is 5.26 Å². The second-order valence-electron chi connectivity index (χ2n) is 10.6. The Hall–Kier alpha value is -3.12. The molecule has 2 saturated heterocycles. The molecule has 8 heteroatoms. The number of halogens is 1. The zero-order chi connectivity index (χ0) is 26.1. The Morgan fingerprint density at radius 1 is 1.16 bits per heavy atom. The number of rotatable bonds is 8. The van der Waals surface area contributed by atoms with E-state index in [0.717, 1.165) is 91.0 Å². The first-order valence-corrected chi connectivity index (χ1v) is 14.5. The maximum Gasteiger partial charge on any atom is 0.195 e. The minimum atomic E-state index is -0.245. The second-order valence-corrected chi connectivity index (χ2v) is 11.6. The first kappa shape index (κ1) is 25.2. The average molecular weight is 530 g/mol. The van der Waals surface area contributed by atoms with Gasteiger partial charge in [-0.15, -0.1) is 0 Å². The topological polar surface area (TPSA) is 73.4 Å². The molecular weight excluding hydrogens is 497 g/mol. The largest absolute Gasteiger partial charge is 0.310 e. The highest BCUT2D eigenvalue weighted by molar-refractivity contribution is 7.23. The third-order valence-corrected chi connectivity index (χ3v) is 9.06. The lowest BCUT2D eigenvalue weighted by atomic mass is 9.98. The molecule has 2 aliphatic rings. The Bertz CT molecular complexity index is 1500. The van der Waals surface area contributed by atoms with Crippen LogP contribution in [0, 0.1) is 23.1 Å². The molecular formula is C30H32FN5OS. The number of fused-ring (bicyclic) bond motifs is 3. The summed E-state index contributed by atoms with van der Waals surface area (Å²) in [7, 11) is 0. The number of unbranched alkanes of at least 4 members (excludes halogenated alkanes) is 1. The molecule has 4 heterocycles. The molecule has 1 N–H and O–H groups in total. The molecule has 2 aromatic carbocycles. The quantitative estimate of drug-likeness (QED) is 0.212. The van der Waals surface area contributed by atoms with Crippen LogP contribution in [0.4, 0.5) is 4.39 Å². The Kier molecular flexibility index (Phi) is 7.24. The summed E-state index contributed by atoms with van der Waals surface area (Å²) >= 11 is 1.52. The molecule has 0 amide bonds. The average Bonchev–Trinajstić information content (AvgIpc) is 3.68. The minimum absolute atomic E-state index is 0.167. The molecule has 0 bridgehead atoms. The van der Waals surface area contributed by atoms with E-state index in [0.29, 0.717) is 17.7 Å². The molecule has 0 saturated carbocycles. The number of ketones is 1. The number of imidazole rings is 1. The van der Waals surface area contributed by atoms with E-state index in [2.05, 4.69) is 16.3 Å². The lowest BCUT2D eigenvalue weighted by molar-refractivity contribution is 0.0977. The van der Waals surface area contributed by atoms with E-state index in [9.17, 15) is 4.79 Å². The number of carbonyl (C=O) groups is 1. The summed E-state index contributed by atoms with van der Waals surface area (Å²) in [5.41, 5.74) is 3.84. The highest BCUT2D eigenvalue weighted by Gasteiger charge is 2.20. The number of hydrogen-bond acceptors (Lipinski definition) is 6. The van der Waals surface area contributed by atoms with Gasteiger partial charge in [0.15, 0.2) is 10.7 Å². The van der Waals surface area contributed by atoms with Crippen molar-refractivity contribution in [2.75, 3.05) is 26.2 Å². The summed E-state index contributed by atoms with van der Waals surface area (Å²) in [5.74, 6) is 0.132. The third-order valence-electron chi connectivity index (χ3n) is 8.05. The third kappa shape index (κ3) is 5.11. The van der Waals surface area contributed by atoms with Crippen LogP contribution < -0.4 is 5.32 Å². The molecule has 0 radical (unpaired) electrons. The van der Waals surface area contributed by atoms with Crippen LogP contribution >= 0.6 is 11.3 Å². The van der Waals surface area contributed by atoms with Crippen molar-refractivity contribution in [2.24, 2.45) is 5.92 Å². The van der Waals surface area contributed by atoms with E-state index < -0.39 is 0 Å². The number of thiazole rings is 1. The predicted molar refractivity (Wildman–Crippen MR) is 149 cm³/mol. The standard InChI is InChI=1S/C30H32FN5OS/c31-24-16-21(25-4-3-12-33-25)6-8-23(24)26-19-36-27-9-7-22(17-29(27)38-30(36)34-26)28(37)5-1-2-13-35-14-10-20(18-32)11-15-35/h6-9,16-17,19-20,25,33H,1-5,10-15H2. The van der Waals surface area contributed by atoms with Crippen molar-refractivity contribution >= 4 is 32.3 Å². The first-order valence-electron chi connectivity index (χ1n) is 13.7. The molecule has 1 unspecified atom stereocenters. The molecule has 2 fully saturated rings. The van der Waals surface area contributed by atoms with Crippen molar-refractivity contribution in [3.63, 3.8) is 0 Å². The van der Waals surface area contributed by atoms with E-state index in [1.165, 1.54) is 11.3 Å². The van der Waals surface area contributed by atoms with Crippen molar-refractivity contribution in [2.45, 2.75) is 51.0 Å². The van der Waals surface area contributed by atoms with Crippen molar-refractivity contribution in [3.8, 4) is 17.3 Å². The molecule has 0 aliphatic carbocycles. The smallest absolute Gasteiger partial charge is 0.195 e. The Morgan fingerprint density at radius 2 is 2.03 bits per heavy atom. The van der Waals surface area contributed by atoms with Gasteiger partial charge in [-0.3, -0.25) is 9.20 Å². The zero-order valence-corrected chi connectivity index (χ0v) is 22.3. The molecule has 6 nitrogen and oxygen atoms in total. The first-order chi connectivity index (χ1) is 18.6. The van der Waals surface area contributed by atoms with Crippen LogP contribution in [-0.4, -0.2) is 46.2 Å². The number of likely N-dealkylation sites (tertiary alicyclic amines) is 1. The van der Waals surface area contributed by atoms with Gasteiger partial charge < -0.3 is 10.2 Å². The van der Waals surface area contributed by atoms with Gasteiger partial charge in [0.25, 0.3) is 0 Å². The molecule has 196 valence electrons. The van der Waals surface area contributed by atoms with Crippen LogP contribution in [0.2, 0.25) is 0 Å². The van der Waals surface area contributed by atoms with Crippen molar-refractivity contribution in [1.82, 2.24) is 19.6 Å². The number of nitrogens with zero attached hydrogens (tertiary/aromatic N) is 4. The summed E-state index contributed by atoms with van der Waals surface area (Å²) in [4.78, 5) is 20.8. The monoisotopic (exact) mass is 529 g/mol. The van der Waals surface area contributed by atoms with E-state index in [1.54, 1.807) is 6.07 Å². The number of aromatic nitrogens is 2. The van der Waals surface area contributed by atoms with Crippen LogP contribution in [-0.2, 0) is 0 Å². The molecule has 4 aromatic rings. The van der Waals surface area contributed by atoms with Gasteiger partial charge in [0.2, 0.25) is 0 Å². The van der Waals surface area contributed by atoms with Crippen LogP contribution in [0.1, 0.15) is 66.9 Å². The Balaban J connectivity index is 1.10. The number of hydrogen-bond donors (Lipinski definition) is 1. The maximum atomic E-state index is 15.0. The van der Waals surface area contributed by atoms with Crippen molar-refractivity contribution in [3.05, 3.63) is 59.5 Å². The molecule has 1 atom stereocenters. The summed E-state index contributed by atoms with van der Waals surface area (Å²) in [5, 5.41) is 12.5.